The van der Waals surface area contributed by atoms with Crippen LogP contribution in [0.15, 0.2) is 18.2 Å². The quantitative estimate of drug-likeness (QED) is 0.885. The van der Waals surface area contributed by atoms with E-state index in [-0.39, 0.29) is 12.4 Å². The van der Waals surface area contributed by atoms with E-state index in [1.807, 2.05) is 18.2 Å². The summed E-state index contributed by atoms with van der Waals surface area (Å²) in [6.07, 6.45) is 2.68. The summed E-state index contributed by atoms with van der Waals surface area (Å²) < 4.78 is 0. The molecule has 0 bridgehead atoms. The number of hydrogen-bond donors (Lipinski definition) is 1. The van der Waals surface area contributed by atoms with Gasteiger partial charge in [0.1, 0.15) is 0 Å². The molecule has 6 heteroatoms. The van der Waals surface area contributed by atoms with Gasteiger partial charge in [-0.3, -0.25) is 4.90 Å². The van der Waals surface area contributed by atoms with E-state index in [1.54, 1.807) is 0 Å². The maximum absolute atomic E-state index is 6.31. The number of anilines is 1. The lowest BCUT2D eigenvalue weighted by molar-refractivity contribution is 0.199. The van der Waals surface area contributed by atoms with Gasteiger partial charge in [-0.05, 0) is 44.0 Å². The molecule has 2 saturated heterocycles. The minimum absolute atomic E-state index is 0. The van der Waals surface area contributed by atoms with Crippen LogP contribution in [0.3, 0.4) is 0 Å². The summed E-state index contributed by atoms with van der Waals surface area (Å²) >= 11 is 12.6. The van der Waals surface area contributed by atoms with E-state index in [0.29, 0.717) is 0 Å². The molecule has 124 valence electrons. The van der Waals surface area contributed by atoms with Gasteiger partial charge in [0.15, 0.2) is 0 Å². The van der Waals surface area contributed by atoms with E-state index in [2.05, 4.69) is 15.1 Å². The second-order valence-electron chi connectivity index (χ2n) is 6.07. The Morgan fingerprint density at radius 1 is 1.09 bits per heavy atom. The third kappa shape index (κ3) is 4.42. The van der Waals surface area contributed by atoms with Crippen molar-refractivity contribution in [1.29, 1.82) is 0 Å². The zero-order chi connectivity index (χ0) is 14.7. The molecule has 2 fully saturated rings. The van der Waals surface area contributed by atoms with Crippen LogP contribution in [0.25, 0.3) is 0 Å². The summed E-state index contributed by atoms with van der Waals surface area (Å²) in [7, 11) is 0. The van der Waals surface area contributed by atoms with Crippen LogP contribution < -0.4 is 10.2 Å². The Morgan fingerprint density at radius 2 is 1.77 bits per heavy atom. The number of para-hydroxylation sites is 1. The SMILES string of the molecule is Cl.Clc1cccc(Cl)c1N1CCN(CC2CCCNC2)CC1. The van der Waals surface area contributed by atoms with E-state index in [1.165, 1.54) is 32.5 Å². The minimum Gasteiger partial charge on any atom is -0.367 e. The van der Waals surface area contributed by atoms with E-state index < -0.39 is 0 Å². The molecule has 1 atom stereocenters. The van der Waals surface area contributed by atoms with Crippen LogP contribution in [0.4, 0.5) is 5.69 Å². The third-order valence-corrected chi connectivity index (χ3v) is 5.15. The second kappa shape index (κ2) is 8.60. The molecule has 0 aliphatic carbocycles. The minimum atomic E-state index is 0. The smallest absolute Gasteiger partial charge is 0.0745 e. The Labute approximate surface area is 149 Å². The molecular formula is C16H24Cl3N3. The molecule has 2 aliphatic rings. The topological polar surface area (TPSA) is 18.5 Å². The number of piperidine rings is 1. The summed E-state index contributed by atoms with van der Waals surface area (Å²) in [5.74, 6) is 0.814. The van der Waals surface area contributed by atoms with Crippen molar-refractivity contribution in [3.63, 3.8) is 0 Å². The zero-order valence-electron chi connectivity index (χ0n) is 12.7. The summed E-state index contributed by atoms with van der Waals surface area (Å²) in [5.41, 5.74) is 1.000. The Hall–Kier alpha value is -0.190. The van der Waals surface area contributed by atoms with Gasteiger partial charge in [-0.25, -0.2) is 0 Å². The van der Waals surface area contributed by atoms with Gasteiger partial charge in [0.05, 0.1) is 15.7 Å². The Morgan fingerprint density at radius 3 is 2.36 bits per heavy atom. The van der Waals surface area contributed by atoms with Crippen LogP contribution >= 0.6 is 35.6 Å². The van der Waals surface area contributed by atoms with Crippen LogP contribution in [0.5, 0.6) is 0 Å². The van der Waals surface area contributed by atoms with Crippen molar-refractivity contribution in [1.82, 2.24) is 10.2 Å². The Balaban J connectivity index is 0.00000176. The van der Waals surface area contributed by atoms with Gasteiger partial charge in [-0.1, -0.05) is 29.3 Å². The van der Waals surface area contributed by atoms with Crippen molar-refractivity contribution in [2.24, 2.45) is 5.92 Å². The molecule has 2 aliphatic heterocycles. The molecule has 22 heavy (non-hydrogen) atoms. The number of hydrogen-bond acceptors (Lipinski definition) is 3. The van der Waals surface area contributed by atoms with E-state index >= 15 is 0 Å². The van der Waals surface area contributed by atoms with Crippen LogP contribution in [-0.4, -0.2) is 50.7 Å². The van der Waals surface area contributed by atoms with Gasteiger partial charge in [-0.15, -0.1) is 12.4 Å². The first-order valence-electron chi connectivity index (χ1n) is 7.86. The highest BCUT2D eigenvalue weighted by molar-refractivity contribution is 6.39. The summed E-state index contributed by atoms with van der Waals surface area (Å²) in [5, 5.41) is 5.02. The molecule has 0 spiro atoms. The van der Waals surface area contributed by atoms with Crippen molar-refractivity contribution < 1.29 is 0 Å². The molecule has 3 rings (SSSR count). The predicted octanol–water partition coefficient (Wildman–Crippen LogP) is 3.54. The van der Waals surface area contributed by atoms with Crippen molar-refractivity contribution in [2.75, 3.05) is 50.7 Å². The number of rotatable bonds is 3. The number of halogens is 3. The number of nitrogens with one attached hydrogen (secondary N) is 1. The molecule has 0 saturated carbocycles. The Kier molecular flexibility index (Phi) is 7.10. The normalized spacial score (nSPS) is 23.2. The summed E-state index contributed by atoms with van der Waals surface area (Å²) in [6.45, 7) is 7.78. The van der Waals surface area contributed by atoms with E-state index in [9.17, 15) is 0 Å². The molecule has 1 unspecified atom stereocenters. The van der Waals surface area contributed by atoms with Crippen molar-refractivity contribution >= 4 is 41.3 Å². The molecule has 1 N–H and O–H groups in total. The fourth-order valence-corrected chi connectivity index (χ4v) is 4.03. The van der Waals surface area contributed by atoms with Crippen LogP contribution in [0, 0.1) is 5.92 Å². The fourth-order valence-electron chi connectivity index (χ4n) is 3.39. The lowest BCUT2D eigenvalue weighted by Gasteiger charge is -2.38. The van der Waals surface area contributed by atoms with E-state index in [4.69, 9.17) is 23.2 Å². The average Bonchev–Trinajstić information content (AvgIpc) is 2.50. The van der Waals surface area contributed by atoms with Crippen molar-refractivity contribution in [3.8, 4) is 0 Å². The first kappa shape index (κ1) is 18.2. The molecule has 0 amide bonds. The molecule has 0 radical (unpaired) electrons. The first-order chi connectivity index (χ1) is 10.2. The predicted molar refractivity (Wildman–Crippen MR) is 98.0 cm³/mol. The van der Waals surface area contributed by atoms with Crippen LogP contribution in [0.2, 0.25) is 10.0 Å². The lowest BCUT2D eigenvalue weighted by atomic mass is 9.99. The largest absolute Gasteiger partial charge is 0.367 e. The number of benzene rings is 1. The number of nitrogens with zero attached hydrogens (tertiary/aromatic N) is 2. The maximum atomic E-state index is 6.31. The molecule has 1 aromatic rings. The molecule has 0 aromatic heterocycles. The van der Waals surface area contributed by atoms with Crippen molar-refractivity contribution in [3.05, 3.63) is 28.2 Å². The average molecular weight is 365 g/mol. The second-order valence-corrected chi connectivity index (χ2v) is 6.88. The summed E-state index contributed by atoms with van der Waals surface area (Å²) in [6, 6.07) is 5.74. The highest BCUT2D eigenvalue weighted by atomic mass is 35.5. The van der Waals surface area contributed by atoms with Gasteiger partial charge in [-0.2, -0.15) is 0 Å². The first-order valence-corrected chi connectivity index (χ1v) is 8.61. The van der Waals surface area contributed by atoms with E-state index in [0.717, 1.165) is 47.8 Å². The summed E-state index contributed by atoms with van der Waals surface area (Å²) in [4.78, 5) is 4.90. The number of piperazine rings is 1. The zero-order valence-corrected chi connectivity index (χ0v) is 15.1. The van der Waals surface area contributed by atoms with Crippen LogP contribution in [0.1, 0.15) is 12.8 Å². The third-order valence-electron chi connectivity index (χ3n) is 4.54. The van der Waals surface area contributed by atoms with Crippen LogP contribution in [-0.2, 0) is 0 Å². The molecule has 1 aromatic carbocycles. The maximum Gasteiger partial charge on any atom is 0.0745 e. The highest BCUT2D eigenvalue weighted by Crippen LogP contribution is 2.34. The standard InChI is InChI=1S/C16H23Cl2N3.ClH/c17-14-4-1-5-15(18)16(14)21-9-7-20(8-10-21)12-13-3-2-6-19-11-13;/h1,4-5,13,19H,2-3,6-12H2;1H. The van der Waals surface area contributed by atoms with Crippen molar-refractivity contribution in [2.45, 2.75) is 12.8 Å². The fraction of sp³-hybridized carbons (Fsp3) is 0.625. The highest BCUT2D eigenvalue weighted by Gasteiger charge is 2.23. The van der Waals surface area contributed by atoms with Gasteiger partial charge >= 0.3 is 0 Å². The molecule has 3 nitrogen and oxygen atoms in total. The molecule has 2 heterocycles. The van der Waals surface area contributed by atoms with Gasteiger partial charge in [0.2, 0.25) is 0 Å². The van der Waals surface area contributed by atoms with Gasteiger partial charge < -0.3 is 10.2 Å². The monoisotopic (exact) mass is 363 g/mol. The Bertz CT molecular complexity index is 449. The van der Waals surface area contributed by atoms with Gasteiger partial charge in [0.25, 0.3) is 0 Å². The lowest BCUT2D eigenvalue weighted by Crippen LogP contribution is -2.49. The molecular weight excluding hydrogens is 341 g/mol. The van der Waals surface area contributed by atoms with Gasteiger partial charge in [0, 0.05) is 32.7 Å².